The molecule has 0 aliphatic heterocycles. The second-order valence-electron chi connectivity index (χ2n) is 5.71. The number of pyridine rings is 1. The van der Waals surface area contributed by atoms with Crippen LogP contribution in [0, 0.1) is 0 Å². The van der Waals surface area contributed by atoms with E-state index in [-0.39, 0.29) is 5.91 Å². The molecule has 0 radical (unpaired) electrons. The van der Waals surface area contributed by atoms with Gasteiger partial charge in [-0.3, -0.25) is 4.79 Å². The highest BCUT2D eigenvalue weighted by atomic mass is 35.5. The van der Waals surface area contributed by atoms with Crippen LogP contribution in [0.2, 0.25) is 5.15 Å². The fourth-order valence-electron chi connectivity index (χ4n) is 2.46. The normalized spacial score (nSPS) is 10.3. The summed E-state index contributed by atoms with van der Waals surface area (Å²) >= 11 is 5.73. The van der Waals surface area contributed by atoms with Crippen LogP contribution in [0.25, 0.3) is 0 Å². The summed E-state index contributed by atoms with van der Waals surface area (Å²) in [6, 6.07) is 21.3. The minimum atomic E-state index is -0.213. The Morgan fingerprint density at radius 3 is 2.40 bits per heavy atom. The quantitative estimate of drug-likeness (QED) is 0.682. The first-order chi connectivity index (χ1) is 12.1. The van der Waals surface area contributed by atoms with Crippen molar-refractivity contribution in [1.29, 1.82) is 0 Å². The van der Waals surface area contributed by atoms with Gasteiger partial charge in [0.15, 0.2) is 0 Å². The monoisotopic (exact) mass is 351 g/mol. The van der Waals surface area contributed by atoms with Gasteiger partial charge in [-0.2, -0.15) is 0 Å². The smallest absolute Gasteiger partial charge is 0.257 e. The van der Waals surface area contributed by atoms with E-state index in [2.05, 4.69) is 27.3 Å². The van der Waals surface area contributed by atoms with Crippen molar-refractivity contribution in [3.05, 3.63) is 89.2 Å². The van der Waals surface area contributed by atoms with Gasteiger partial charge in [0.25, 0.3) is 5.91 Å². The van der Waals surface area contributed by atoms with Crippen molar-refractivity contribution >= 4 is 28.9 Å². The number of halogens is 1. The van der Waals surface area contributed by atoms with E-state index in [9.17, 15) is 4.79 Å². The number of carbonyl (C=O) groups is 1. The third kappa shape index (κ3) is 4.58. The molecule has 0 spiro atoms. The van der Waals surface area contributed by atoms with E-state index in [0.717, 1.165) is 17.9 Å². The highest BCUT2D eigenvalue weighted by molar-refractivity contribution is 6.29. The van der Waals surface area contributed by atoms with Crippen LogP contribution in [0.5, 0.6) is 0 Å². The molecule has 0 unspecified atom stereocenters. The van der Waals surface area contributed by atoms with E-state index < -0.39 is 0 Å². The Morgan fingerprint density at radius 2 is 1.76 bits per heavy atom. The van der Waals surface area contributed by atoms with Crippen LogP contribution < -0.4 is 10.2 Å². The predicted molar refractivity (Wildman–Crippen MR) is 102 cm³/mol. The molecular formula is C20H18ClN3O. The van der Waals surface area contributed by atoms with E-state index in [0.29, 0.717) is 10.7 Å². The average molecular weight is 352 g/mol. The summed E-state index contributed by atoms with van der Waals surface area (Å²) in [4.78, 5) is 18.3. The highest BCUT2D eigenvalue weighted by Gasteiger charge is 2.07. The summed E-state index contributed by atoms with van der Waals surface area (Å²) in [7, 11) is 2.04. The first-order valence-corrected chi connectivity index (χ1v) is 8.27. The Hall–Kier alpha value is -2.85. The molecule has 0 atom stereocenters. The van der Waals surface area contributed by atoms with E-state index in [1.54, 1.807) is 12.1 Å². The molecule has 0 aliphatic carbocycles. The Bertz CT molecular complexity index is 833. The minimum Gasteiger partial charge on any atom is -0.370 e. The molecule has 1 heterocycles. The molecule has 1 N–H and O–H groups in total. The van der Waals surface area contributed by atoms with Crippen LogP contribution >= 0.6 is 11.6 Å². The maximum Gasteiger partial charge on any atom is 0.257 e. The number of aromatic nitrogens is 1. The van der Waals surface area contributed by atoms with Crippen molar-refractivity contribution < 1.29 is 4.79 Å². The van der Waals surface area contributed by atoms with E-state index in [1.165, 1.54) is 11.8 Å². The SMILES string of the molecule is CN(Cc1ccccc1)c1ccc(NC(=O)c2ccc(Cl)nc2)cc1. The minimum absolute atomic E-state index is 0.213. The van der Waals surface area contributed by atoms with Gasteiger partial charge in [0.05, 0.1) is 5.56 Å². The molecule has 0 saturated heterocycles. The van der Waals surface area contributed by atoms with Gasteiger partial charge in [0.1, 0.15) is 5.15 Å². The molecule has 0 fully saturated rings. The van der Waals surface area contributed by atoms with Crippen molar-refractivity contribution in [2.24, 2.45) is 0 Å². The molecule has 126 valence electrons. The zero-order chi connectivity index (χ0) is 17.6. The first-order valence-electron chi connectivity index (χ1n) is 7.90. The van der Waals surface area contributed by atoms with Gasteiger partial charge in [-0.15, -0.1) is 0 Å². The van der Waals surface area contributed by atoms with Gasteiger partial charge >= 0.3 is 0 Å². The standard InChI is InChI=1S/C20H18ClN3O/c1-24(14-15-5-3-2-4-6-15)18-10-8-17(9-11-18)23-20(25)16-7-12-19(21)22-13-16/h2-13H,14H2,1H3,(H,23,25). The molecule has 25 heavy (non-hydrogen) atoms. The lowest BCUT2D eigenvalue weighted by Crippen LogP contribution is -2.16. The summed E-state index contributed by atoms with van der Waals surface area (Å²) < 4.78 is 0. The molecular weight excluding hydrogens is 334 g/mol. The zero-order valence-corrected chi connectivity index (χ0v) is 14.6. The van der Waals surface area contributed by atoms with E-state index >= 15 is 0 Å². The van der Waals surface area contributed by atoms with Crippen molar-refractivity contribution in [3.63, 3.8) is 0 Å². The number of anilines is 2. The lowest BCUT2D eigenvalue weighted by atomic mass is 10.2. The maximum absolute atomic E-state index is 12.2. The fourth-order valence-corrected chi connectivity index (χ4v) is 2.57. The number of nitrogens with zero attached hydrogens (tertiary/aromatic N) is 2. The van der Waals surface area contributed by atoms with Crippen LogP contribution in [0.4, 0.5) is 11.4 Å². The Balaban J connectivity index is 1.63. The van der Waals surface area contributed by atoms with Crippen LogP contribution in [0.3, 0.4) is 0 Å². The lowest BCUT2D eigenvalue weighted by Gasteiger charge is -2.19. The van der Waals surface area contributed by atoms with Crippen molar-refractivity contribution in [2.75, 3.05) is 17.3 Å². The number of hydrogen-bond donors (Lipinski definition) is 1. The van der Waals surface area contributed by atoms with Gasteiger partial charge in [-0.1, -0.05) is 41.9 Å². The fraction of sp³-hybridized carbons (Fsp3) is 0.100. The molecule has 1 aromatic heterocycles. The van der Waals surface area contributed by atoms with Crippen LogP contribution in [0.15, 0.2) is 72.9 Å². The maximum atomic E-state index is 12.2. The third-order valence-corrected chi connectivity index (χ3v) is 4.04. The van der Waals surface area contributed by atoms with Gasteiger partial charge in [0, 0.05) is 31.2 Å². The van der Waals surface area contributed by atoms with E-state index in [4.69, 9.17) is 11.6 Å². The van der Waals surface area contributed by atoms with Gasteiger partial charge in [0.2, 0.25) is 0 Å². The zero-order valence-electron chi connectivity index (χ0n) is 13.8. The molecule has 3 aromatic rings. The lowest BCUT2D eigenvalue weighted by molar-refractivity contribution is 0.102. The largest absolute Gasteiger partial charge is 0.370 e. The number of rotatable bonds is 5. The molecule has 3 rings (SSSR count). The Kier molecular flexibility index (Phi) is 5.31. The van der Waals surface area contributed by atoms with Crippen molar-refractivity contribution in [3.8, 4) is 0 Å². The second-order valence-corrected chi connectivity index (χ2v) is 6.10. The Morgan fingerprint density at radius 1 is 1.04 bits per heavy atom. The number of benzene rings is 2. The van der Waals surface area contributed by atoms with E-state index in [1.807, 2.05) is 49.5 Å². The first kappa shape index (κ1) is 17.0. The summed E-state index contributed by atoms with van der Waals surface area (Å²) in [6.07, 6.45) is 1.46. The number of amides is 1. The number of hydrogen-bond acceptors (Lipinski definition) is 3. The van der Waals surface area contributed by atoms with Gasteiger partial charge in [-0.05, 0) is 42.0 Å². The topological polar surface area (TPSA) is 45.2 Å². The molecule has 0 saturated carbocycles. The molecule has 0 bridgehead atoms. The summed E-state index contributed by atoms with van der Waals surface area (Å²) in [5, 5.41) is 3.22. The van der Waals surface area contributed by atoms with Crippen molar-refractivity contribution in [1.82, 2.24) is 4.98 Å². The van der Waals surface area contributed by atoms with Crippen LogP contribution in [-0.2, 0) is 6.54 Å². The molecule has 0 aliphatic rings. The number of carbonyl (C=O) groups excluding carboxylic acids is 1. The van der Waals surface area contributed by atoms with Gasteiger partial charge < -0.3 is 10.2 Å². The molecule has 2 aromatic carbocycles. The summed E-state index contributed by atoms with van der Waals surface area (Å²) in [5.41, 5.74) is 3.53. The summed E-state index contributed by atoms with van der Waals surface area (Å²) in [5.74, 6) is -0.213. The molecule has 4 nitrogen and oxygen atoms in total. The predicted octanol–water partition coefficient (Wildman–Crippen LogP) is 4.62. The third-order valence-electron chi connectivity index (χ3n) is 3.82. The van der Waals surface area contributed by atoms with Crippen LogP contribution in [-0.4, -0.2) is 17.9 Å². The van der Waals surface area contributed by atoms with Crippen molar-refractivity contribution in [2.45, 2.75) is 6.54 Å². The summed E-state index contributed by atoms with van der Waals surface area (Å²) in [6.45, 7) is 0.822. The Labute approximate surface area is 152 Å². The molecule has 1 amide bonds. The highest BCUT2D eigenvalue weighted by Crippen LogP contribution is 2.19. The number of nitrogens with one attached hydrogen (secondary N) is 1. The average Bonchev–Trinajstić information content (AvgIpc) is 2.63. The second kappa shape index (κ2) is 7.81. The van der Waals surface area contributed by atoms with Gasteiger partial charge in [-0.25, -0.2) is 4.98 Å². The molecule has 5 heteroatoms. The van der Waals surface area contributed by atoms with Crippen LogP contribution in [0.1, 0.15) is 15.9 Å².